The van der Waals surface area contributed by atoms with Gasteiger partial charge in [-0.1, -0.05) is 42.1 Å². The fraction of sp³-hybridized carbons (Fsp3) is 0. The maximum absolute atomic E-state index is 13.1. The summed E-state index contributed by atoms with van der Waals surface area (Å²) in [5, 5.41) is 0. The summed E-state index contributed by atoms with van der Waals surface area (Å²) in [6, 6.07) is 29.1. The van der Waals surface area contributed by atoms with Crippen LogP contribution in [0.3, 0.4) is 0 Å². The van der Waals surface area contributed by atoms with Crippen molar-refractivity contribution in [3.63, 3.8) is 0 Å². The number of hydrogen-bond donors (Lipinski definition) is 0. The minimum absolute atomic E-state index is 0.256. The molecule has 1 aliphatic heterocycles. The third kappa shape index (κ3) is 4.47. The second-order valence-corrected chi connectivity index (χ2v) is 13.3. The first-order chi connectivity index (χ1) is 15.5. The van der Waals surface area contributed by atoms with E-state index in [9.17, 15) is 4.79 Å². The monoisotopic (exact) mass is 791 g/mol. The van der Waals surface area contributed by atoms with Crippen molar-refractivity contribution >= 4 is 96.4 Å². The van der Waals surface area contributed by atoms with Crippen molar-refractivity contribution in [2.45, 2.75) is 24.5 Å². The quantitative estimate of drug-likeness (QED) is 0.0606. The largest absolute Gasteiger partial charge is 0.423 e. The van der Waals surface area contributed by atoms with Gasteiger partial charge in [0.1, 0.15) is 16.6 Å². The molecular weight excluding hydrogens is 777 g/mol. The molecule has 0 atom stereocenters. The molecule has 0 spiro atoms. The van der Waals surface area contributed by atoms with Gasteiger partial charge in [0.05, 0.1) is 15.4 Å². The summed E-state index contributed by atoms with van der Waals surface area (Å²) < 4.78 is 8.73. The number of fused-ring (bicyclic) bond motifs is 2. The zero-order valence-electron chi connectivity index (χ0n) is 16.3. The molecule has 5 rings (SSSR count). The van der Waals surface area contributed by atoms with Gasteiger partial charge < -0.3 is 4.74 Å². The molecule has 0 amide bonds. The summed E-state index contributed by atoms with van der Waals surface area (Å²) >= 11 is 8.47. The van der Waals surface area contributed by atoms with Crippen molar-refractivity contribution in [2.24, 2.45) is 0 Å². The van der Waals surface area contributed by atoms with E-state index in [-0.39, 0.29) is 16.9 Å². The van der Waals surface area contributed by atoms with Crippen LogP contribution in [0.25, 0.3) is 0 Å². The third-order valence-electron chi connectivity index (χ3n) is 4.86. The second-order valence-electron chi connectivity index (χ2n) is 6.88. The van der Waals surface area contributed by atoms with Crippen LogP contribution in [0.15, 0.2) is 109 Å². The SMILES string of the molecule is O=C(Oc1cccc([S+]2c3ccccc3Sc3ccccc32)c1)c1c(I)ccc(I)c1I. The van der Waals surface area contributed by atoms with E-state index in [1.165, 1.54) is 19.6 Å². The number of carbonyl (C=O) groups excluding carboxylic acids is 1. The molecule has 4 aromatic rings. The van der Waals surface area contributed by atoms with Crippen molar-refractivity contribution < 1.29 is 9.53 Å². The summed E-state index contributed by atoms with van der Waals surface area (Å²) in [4.78, 5) is 19.4. The van der Waals surface area contributed by atoms with Crippen LogP contribution >= 0.6 is 79.5 Å². The Kier molecular flexibility index (Phi) is 7.08. The molecule has 0 aliphatic carbocycles. The fourth-order valence-corrected chi connectivity index (χ4v) is 9.54. The smallest absolute Gasteiger partial charge is 0.345 e. The van der Waals surface area contributed by atoms with Crippen molar-refractivity contribution in [1.29, 1.82) is 0 Å². The van der Waals surface area contributed by atoms with Crippen LogP contribution in [0.4, 0.5) is 0 Å². The van der Waals surface area contributed by atoms with E-state index in [0.717, 1.165) is 15.6 Å². The average Bonchev–Trinajstić information content (AvgIpc) is 2.80. The molecule has 0 radical (unpaired) electrons. The van der Waals surface area contributed by atoms with Gasteiger partial charge in [-0.25, -0.2) is 4.79 Å². The lowest BCUT2D eigenvalue weighted by Gasteiger charge is -2.19. The van der Waals surface area contributed by atoms with E-state index >= 15 is 0 Å². The van der Waals surface area contributed by atoms with Gasteiger partial charge >= 0.3 is 5.97 Å². The van der Waals surface area contributed by atoms with Crippen LogP contribution in [-0.4, -0.2) is 5.97 Å². The fourth-order valence-electron chi connectivity index (χ4n) is 3.43. The Morgan fingerprint density at radius 2 is 1.38 bits per heavy atom. The Bertz CT molecular complexity index is 1310. The van der Waals surface area contributed by atoms with Gasteiger partial charge in [-0.05, 0) is 116 Å². The number of esters is 1. The first-order valence-corrected chi connectivity index (χ1v) is 14.9. The average molecular weight is 791 g/mol. The highest BCUT2D eigenvalue weighted by Gasteiger charge is 2.38. The third-order valence-corrected chi connectivity index (χ3v) is 12.5. The number of ether oxygens (including phenoxy) is 1. The van der Waals surface area contributed by atoms with E-state index in [1.54, 1.807) is 0 Å². The number of halogens is 3. The number of hydrogen-bond acceptors (Lipinski definition) is 3. The summed E-state index contributed by atoms with van der Waals surface area (Å²) in [5.41, 5.74) is 0.621. The van der Waals surface area contributed by atoms with Crippen LogP contribution in [0.2, 0.25) is 0 Å². The first kappa shape index (κ1) is 23.0. The normalized spacial score (nSPS) is 12.7. The minimum atomic E-state index is -0.321. The highest BCUT2D eigenvalue weighted by molar-refractivity contribution is 14.1. The number of rotatable bonds is 3. The van der Waals surface area contributed by atoms with Gasteiger partial charge in [0.15, 0.2) is 14.7 Å². The molecule has 0 bridgehead atoms. The topological polar surface area (TPSA) is 26.3 Å². The zero-order chi connectivity index (χ0) is 22.2. The Labute approximate surface area is 234 Å². The van der Waals surface area contributed by atoms with Gasteiger partial charge in [0.25, 0.3) is 0 Å². The number of carbonyl (C=O) groups is 1. The van der Waals surface area contributed by atoms with Crippen LogP contribution in [-0.2, 0) is 10.9 Å². The molecule has 32 heavy (non-hydrogen) atoms. The van der Waals surface area contributed by atoms with E-state index in [1.807, 2.05) is 42.1 Å². The van der Waals surface area contributed by atoms with E-state index in [2.05, 4.69) is 122 Å². The second kappa shape index (κ2) is 9.85. The lowest BCUT2D eigenvalue weighted by molar-refractivity contribution is 0.0732. The Morgan fingerprint density at radius 1 is 0.750 bits per heavy atom. The molecule has 4 aromatic carbocycles. The molecule has 0 N–H and O–H groups in total. The summed E-state index contributed by atoms with van der Waals surface area (Å²) in [6.07, 6.45) is 0. The van der Waals surface area contributed by atoms with Crippen LogP contribution < -0.4 is 4.74 Å². The predicted molar refractivity (Wildman–Crippen MR) is 155 cm³/mol. The summed E-state index contributed by atoms with van der Waals surface area (Å²) in [6.45, 7) is 0. The first-order valence-electron chi connectivity index (χ1n) is 9.59. The van der Waals surface area contributed by atoms with Crippen molar-refractivity contribution in [3.05, 3.63) is 101 Å². The van der Waals surface area contributed by atoms with Crippen LogP contribution in [0.5, 0.6) is 5.75 Å². The molecule has 0 saturated heterocycles. The van der Waals surface area contributed by atoms with Crippen LogP contribution in [0.1, 0.15) is 10.4 Å². The van der Waals surface area contributed by atoms with E-state index in [4.69, 9.17) is 4.74 Å². The lowest BCUT2D eigenvalue weighted by Crippen LogP contribution is -2.14. The standard InChI is InChI=1S/C25H14I3O2S2/c26-17-12-13-18(27)24(28)23(17)25(29)30-15-6-5-7-16(14-15)32-21-10-3-1-8-19(21)31-20-9-2-4-11-22(20)32/h1-14H/q+1. The van der Waals surface area contributed by atoms with Gasteiger partial charge in [0, 0.05) is 16.8 Å². The molecule has 0 unspecified atom stereocenters. The van der Waals surface area contributed by atoms with Gasteiger partial charge in [-0.3, -0.25) is 0 Å². The van der Waals surface area contributed by atoms with Gasteiger partial charge in [-0.2, -0.15) is 0 Å². The molecular formula is C25H14I3O2S2+. The van der Waals surface area contributed by atoms with Crippen molar-refractivity contribution in [1.82, 2.24) is 0 Å². The molecule has 2 nitrogen and oxygen atoms in total. The molecule has 7 heteroatoms. The molecule has 1 heterocycles. The molecule has 0 aromatic heterocycles. The van der Waals surface area contributed by atoms with E-state index in [0.29, 0.717) is 11.3 Å². The minimum Gasteiger partial charge on any atom is -0.423 e. The van der Waals surface area contributed by atoms with Crippen molar-refractivity contribution in [2.75, 3.05) is 0 Å². The zero-order valence-corrected chi connectivity index (χ0v) is 24.5. The Morgan fingerprint density at radius 3 is 2.06 bits per heavy atom. The molecule has 0 fully saturated rings. The summed E-state index contributed by atoms with van der Waals surface area (Å²) in [7, 11) is -0.256. The maximum atomic E-state index is 13.1. The maximum Gasteiger partial charge on any atom is 0.345 e. The highest BCUT2D eigenvalue weighted by atomic mass is 127. The molecule has 0 saturated carbocycles. The van der Waals surface area contributed by atoms with Gasteiger partial charge in [-0.15, -0.1) is 0 Å². The van der Waals surface area contributed by atoms with Gasteiger partial charge in [0.2, 0.25) is 0 Å². The van der Waals surface area contributed by atoms with Crippen molar-refractivity contribution in [3.8, 4) is 5.75 Å². The van der Waals surface area contributed by atoms with Crippen LogP contribution in [0, 0.1) is 10.7 Å². The lowest BCUT2D eigenvalue weighted by atomic mass is 10.2. The summed E-state index contributed by atoms with van der Waals surface area (Å²) in [5.74, 6) is 0.247. The molecule has 1 aliphatic rings. The predicted octanol–water partition coefficient (Wildman–Crippen LogP) is 8.28. The Balaban J connectivity index is 1.54. The Hall–Kier alpha value is -0.760. The molecule has 158 valence electrons. The highest BCUT2D eigenvalue weighted by Crippen LogP contribution is 2.48. The van der Waals surface area contributed by atoms with E-state index < -0.39 is 0 Å². The number of benzene rings is 4.